The van der Waals surface area contributed by atoms with Gasteiger partial charge in [0.05, 0.1) is 0 Å². The van der Waals surface area contributed by atoms with Gasteiger partial charge in [-0.3, -0.25) is 0 Å². The minimum Gasteiger partial charge on any atom is -0.507 e. The molecule has 0 radical (unpaired) electrons. The number of fused-ring (bicyclic) bond motifs is 3. The molecule has 0 saturated carbocycles. The van der Waals surface area contributed by atoms with Gasteiger partial charge in [0.25, 0.3) is 0 Å². The first-order valence-electron chi connectivity index (χ1n) is 16.8. The molecule has 0 aliphatic rings. The minimum atomic E-state index is 0.301. The highest BCUT2D eigenvalue weighted by atomic mass is 16.3. The van der Waals surface area contributed by atoms with Crippen molar-refractivity contribution in [1.29, 1.82) is 0 Å². The van der Waals surface area contributed by atoms with Crippen LogP contribution in [0.4, 0.5) is 0 Å². The van der Waals surface area contributed by atoms with Gasteiger partial charge in [0.2, 0.25) is 0 Å². The van der Waals surface area contributed by atoms with Crippen LogP contribution < -0.4 is 0 Å². The molecule has 3 N–H and O–H groups in total. The van der Waals surface area contributed by atoms with Crippen molar-refractivity contribution in [3.05, 3.63) is 196 Å². The highest BCUT2D eigenvalue weighted by Gasteiger charge is 2.12. The van der Waals surface area contributed by atoms with Crippen LogP contribution in [-0.4, -0.2) is 15.3 Å². The van der Waals surface area contributed by atoms with E-state index in [-0.39, 0.29) is 0 Å². The molecule has 0 atom stereocenters. The lowest BCUT2D eigenvalue weighted by Crippen LogP contribution is -1.95. The molecule has 49 heavy (non-hydrogen) atoms. The van der Waals surface area contributed by atoms with Gasteiger partial charge in [-0.1, -0.05) is 133 Å². The molecule has 8 aromatic carbocycles. The molecular formula is C46H36O3. The molecule has 0 aromatic heterocycles. The van der Waals surface area contributed by atoms with Crippen LogP contribution in [0.3, 0.4) is 0 Å². The Bertz CT molecular complexity index is 2490. The number of phenols is 3. The summed E-state index contributed by atoms with van der Waals surface area (Å²) in [7, 11) is 0. The maximum Gasteiger partial charge on any atom is 0.126 e. The summed E-state index contributed by atoms with van der Waals surface area (Å²) in [6.07, 6.45) is 2.78. The molecule has 0 fully saturated rings. The van der Waals surface area contributed by atoms with Gasteiger partial charge in [0.15, 0.2) is 0 Å². The van der Waals surface area contributed by atoms with Crippen LogP contribution >= 0.6 is 0 Å². The second kappa shape index (κ2) is 12.9. The van der Waals surface area contributed by atoms with E-state index in [1.165, 1.54) is 11.1 Å². The predicted molar refractivity (Wildman–Crippen MR) is 201 cm³/mol. The topological polar surface area (TPSA) is 60.7 Å². The van der Waals surface area contributed by atoms with Gasteiger partial charge in [-0.05, 0) is 91.7 Å². The van der Waals surface area contributed by atoms with E-state index >= 15 is 0 Å². The second-order valence-corrected chi connectivity index (χ2v) is 13.1. The number of hydrogen-bond acceptors (Lipinski definition) is 3. The maximum atomic E-state index is 11.5. The maximum absolute atomic E-state index is 11.5. The molecule has 0 heterocycles. The highest BCUT2D eigenvalue weighted by molar-refractivity contribution is 5.91. The van der Waals surface area contributed by atoms with Gasteiger partial charge in [-0.2, -0.15) is 0 Å². The fourth-order valence-corrected chi connectivity index (χ4v) is 7.12. The molecule has 0 aliphatic heterocycles. The van der Waals surface area contributed by atoms with E-state index in [1.807, 2.05) is 48.5 Å². The number of benzene rings is 8. The third kappa shape index (κ3) is 6.31. The SMILES string of the molecule is Oc1cccc2ccc(Cc3cccc(Cc4ccc5ccc(Cc6cccc(Cc7ccc8ccccc8c7O)c6)cc5c4O)c3)cc12. The van der Waals surface area contributed by atoms with Crippen LogP contribution in [0.1, 0.15) is 44.5 Å². The van der Waals surface area contributed by atoms with Crippen LogP contribution in [0.25, 0.3) is 32.3 Å². The van der Waals surface area contributed by atoms with Crippen molar-refractivity contribution in [2.24, 2.45) is 0 Å². The summed E-state index contributed by atoms with van der Waals surface area (Å²) < 4.78 is 0. The van der Waals surface area contributed by atoms with Crippen LogP contribution in [0.15, 0.2) is 152 Å². The molecule has 3 nitrogen and oxygen atoms in total. The molecule has 0 spiro atoms. The lowest BCUT2D eigenvalue weighted by molar-refractivity contribution is 0.475. The third-order valence-electron chi connectivity index (χ3n) is 9.64. The summed E-state index contributed by atoms with van der Waals surface area (Å²) in [4.78, 5) is 0. The zero-order valence-corrected chi connectivity index (χ0v) is 27.1. The van der Waals surface area contributed by atoms with Gasteiger partial charge < -0.3 is 15.3 Å². The molecule has 3 heteroatoms. The number of rotatable bonds is 8. The molecule has 0 unspecified atom stereocenters. The fraction of sp³-hybridized carbons (Fsp3) is 0.0870. The van der Waals surface area contributed by atoms with Crippen LogP contribution in [0.5, 0.6) is 17.2 Å². The van der Waals surface area contributed by atoms with Gasteiger partial charge in [0, 0.05) is 29.0 Å². The molecular weight excluding hydrogens is 601 g/mol. The summed E-state index contributed by atoms with van der Waals surface area (Å²) in [5.41, 5.74) is 8.75. The highest BCUT2D eigenvalue weighted by Crippen LogP contribution is 2.33. The molecule has 8 aromatic rings. The molecule has 0 saturated heterocycles. The number of hydrogen-bond donors (Lipinski definition) is 3. The van der Waals surface area contributed by atoms with Crippen molar-refractivity contribution in [2.45, 2.75) is 25.7 Å². The predicted octanol–water partition coefficient (Wildman–Crippen LogP) is 10.6. The Kier molecular flexibility index (Phi) is 7.95. The van der Waals surface area contributed by atoms with E-state index in [0.717, 1.165) is 78.5 Å². The summed E-state index contributed by atoms with van der Waals surface area (Å²) in [5, 5.41) is 38.4. The van der Waals surface area contributed by atoms with Gasteiger partial charge in [0.1, 0.15) is 17.2 Å². The van der Waals surface area contributed by atoms with Crippen molar-refractivity contribution < 1.29 is 15.3 Å². The van der Waals surface area contributed by atoms with Crippen LogP contribution in [0.2, 0.25) is 0 Å². The van der Waals surface area contributed by atoms with E-state index in [9.17, 15) is 15.3 Å². The smallest absolute Gasteiger partial charge is 0.126 e. The van der Waals surface area contributed by atoms with Gasteiger partial charge in [-0.15, -0.1) is 0 Å². The summed E-state index contributed by atoms with van der Waals surface area (Å²) in [6, 6.07) is 51.4. The average Bonchev–Trinajstić information content (AvgIpc) is 3.12. The normalized spacial score (nSPS) is 11.4. The Labute approximate surface area is 286 Å². The molecule has 8 rings (SSSR count). The standard InChI is InChI=1S/C46H36O3/c47-44-13-5-11-37-16-14-34(28-42(37)44)24-30-6-3-9-33(22-30)27-40-21-19-38-17-15-35(29-43(38)46(40)49)25-31-7-4-8-32(23-31)26-39-20-18-36-10-1-2-12-41(36)45(39)48/h1-23,28-29,47-49H,24-27H2. The van der Waals surface area contributed by atoms with Crippen LogP contribution in [0, 0.1) is 0 Å². The minimum absolute atomic E-state index is 0.301. The zero-order valence-electron chi connectivity index (χ0n) is 27.1. The van der Waals surface area contributed by atoms with E-state index < -0.39 is 0 Å². The first kappa shape index (κ1) is 30.3. The van der Waals surface area contributed by atoms with Crippen molar-refractivity contribution in [1.82, 2.24) is 0 Å². The summed E-state index contributed by atoms with van der Waals surface area (Å²) >= 11 is 0. The molecule has 238 valence electrons. The monoisotopic (exact) mass is 636 g/mol. The van der Waals surface area contributed by atoms with Crippen LogP contribution in [-0.2, 0) is 25.7 Å². The average molecular weight is 637 g/mol. The van der Waals surface area contributed by atoms with Crippen molar-refractivity contribution in [2.75, 3.05) is 0 Å². The zero-order chi connectivity index (χ0) is 33.3. The van der Waals surface area contributed by atoms with Crippen molar-refractivity contribution in [3.8, 4) is 17.2 Å². The van der Waals surface area contributed by atoms with Gasteiger partial charge >= 0.3 is 0 Å². The lowest BCUT2D eigenvalue weighted by atomic mass is 9.94. The van der Waals surface area contributed by atoms with E-state index in [0.29, 0.717) is 30.1 Å². The Hall–Kier alpha value is -6.06. The molecule has 0 aliphatic carbocycles. The Balaban J connectivity index is 1.00. The first-order chi connectivity index (χ1) is 24.0. The largest absolute Gasteiger partial charge is 0.507 e. The Morgan fingerprint density at radius 3 is 1.37 bits per heavy atom. The van der Waals surface area contributed by atoms with Gasteiger partial charge in [-0.25, -0.2) is 0 Å². The first-order valence-corrected chi connectivity index (χ1v) is 16.8. The van der Waals surface area contributed by atoms with Crippen molar-refractivity contribution >= 4 is 32.3 Å². The molecule has 0 amide bonds. The summed E-state index contributed by atoms with van der Waals surface area (Å²) in [5.74, 6) is 0.979. The van der Waals surface area contributed by atoms with E-state index in [2.05, 4.69) is 97.1 Å². The summed E-state index contributed by atoms with van der Waals surface area (Å²) in [6.45, 7) is 0. The quantitative estimate of drug-likeness (QED) is 0.156. The second-order valence-electron chi connectivity index (χ2n) is 13.1. The Morgan fingerprint density at radius 1 is 0.306 bits per heavy atom. The van der Waals surface area contributed by atoms with E-state index in [1.54, 1.807) is 6.07 Å². The van der Waals surface area contributed by atoms with E-state index in [4.69, 9.17) is 0 Å². The molecule has 0 bridgehead atoms. The third-order valence-corrected chi connectivity index (χ3v) is 9.64. The number of aromatic hydroxyl groups is 3. The Morgan fingerprint density at radius 2 is 0.735 bits per heavy atom. The fourth-order valence-electron chi connectivity index (χ4n) is 7.12. The lowest BCUT2D eigenvalue weighted by Gasteiger charge is -2.12. The number of phenolic OH excluding ortho intramolecular Hbond substituents is 3. The van der Waals surface area contributed by atoms with Crippen molar-refractivity contribution in [3.63, 3.8) is 0 Å².